The van der Waals surface area contributed by atoms with Gasteiger partial charge in [-0.1, -0.05) is 85.2 Å². The Labute approximate surface area is 299 Å². The number of rotatable bonds is 20. The van der Waals surface area contributed by atoms with Gasteiger partial charge in [-0.25, -0.2) is 4.98 Å². The first-order valence-corrected chi connectivity index (χ1v) is 18.9. The maximum absolute atomic E-state index is 14.4. The molecule has 5 atom stereocenters. The number of likely N-dealkylation sites (N-methyl/N-ethyl adjacent to an activating group) is 1. The van der Waals surface area contributed by atoms with Crippen molar-refractivity contribution < 1.29 is 24.3 Å². The molecule has 2 aromatic rings. The Bertz CT molecular complexity index is 1320. The van der Waals surface area contributed by atoms with Crippen LogP contribution in [0.25, 0.3) is 0 Å². The van der Waals surface area contributed by atoms with Gasteiger partial charge >= 0.3 is 5.97 Å². The molecule has 2 amide bonds. The monoisotopic (exact) mass is 698 g/mol. The van der Waals surface area contributed by atoms with Gasteiger partial charge in [-0.05, 0) is 69.5 Å². The first kappa shape index (κ1) is 42.1. The molecule has 274 valence electrons. The zero-order valence-electron chi connectivity index (χ0n) is 30.0. The number of hydrogen-bond acceptors (Lipinski definition) is 7. The Kier molecular flexibility index (Phi) is 18.2. The first-order valence-electron chi connectivity index (χ1n) is 18.0. The van der Waals surface area contributed by atoms with E-state index in [4.69, 9.17) is 0 Å². The van der Waals surface area contributed by atoms with E-state index in [-0.39, 0.29) is 73.7 Å². The average molecular weight is 699 g/mol. The number of likely N-dealkylation sites (tertiary alicyclic amines) is 1. The first-order chi connectivity index (χ1) is 22.9. The minimum Gasteiger partial charge on any atom is -0.481 e. The number of aryl methyl sites for hydroxylation is 1. The van der Waals surface area contributed by atoms with Crippen LogP contribution in [-0.2, 0) is 27.2 Å². The number of carboxylic acid groups (broad SMARTS) is 1. The number of carbonyl (C=O) groups excluding carboxylic acids is 3. The molecule has 1 aliphatic rings. The molecule has 49 heavy (non-hydrogen) atoms. The number of amides is 2. The van der Waals surface area contributed by atoms with Crippen LogP contribution in [0.15, 0.2) is 35.7 Å². The molecule has 0 aliphatic carbocycles. The summed E-state index contributed by atoms with van der Waals surface area (Å²) in [5.41, 5.74) is 1.35. The maximum atomic E-state index is 14.4. The number of carboxylic acids is 1. The number of aromatic nitrogens is 1. The molecule has 1 aromatic heterocycles. The smallest absolute Gasteiger partial charge is 0.303 e. The fourth-order valence-electron chi connectivity index (χ4n) is 6.88. The van der Waals surface area contributed by atoms with Crippen LogP contribution in [0.1, 0.15) is 121 Å². The van der Waals surface area contributed by atoms with Crippen molar-refractivity contribution in [2.24, 2.45) is 17.8 Å². The lowest BCUT2D eigenvalue weighted by atomic mass is 9.82. The van der Waals surface area contributed by atoms with Crippen LogP contribution < -0.4 is 5.32 Å². The normalized spacial score (nSPS) is 17.4. The zero-order valence-corrected chi connectivity index (χ0v) is 30.8. The highest BCUT2D eigenvalue weighted by molar-refractivity contribution is 7.09. The van der Waals surface area contributed by atoms with E-state index in [0.29, 0.717) is 37.9 Å². The maximum Gasteiger partial charge on any atom is 0.303 e. The Balaban J connectivity index is 0.00000833. The topological polar surface area (TPSA) is 120 Å². The SMILES string of the molecule is C.CCCN(C(=O)C(CC(=O)C1CCCCN1C)[C@@H](C)CC)[C@H](CCc1nc(C(=O)N[C@H](CCC(=O)O)Cc2ccccc2)cs1)C(C)C. The van der Waals surface area contributed by atoms with Crippen LogP contribution >= 0.6 is 11.3 Å². The molecular weight excluding hydrogens is 637 g/mol. The van der Waals surface area contributed by atoms with Gasteiger partial charge in [0.05, 0.1) is 11.0 Å². The number of thiazole rings is 1. The quantitative estimate of drug-likeness (QED) is 0.149. The third-order valence-corrected chi connectivity index (χ3v) is 10.8. The number of nitrogens with zero attached hydrogens (tertiary/aromatic N) is 3. The van der Waals surface area contributed by atoms with E-state index in [2.05, 4.69) is 49.8 Å². The average Bonchev–Trinajstić information content (AvgIpc) is 3.54. The van der Waals surface area contributed by atoms with Gasteiger partial charge in [0.2, 0.25) is 5.91 Å². The lowest BCUT2D eigenvalue weighted by Gasteiger charge is -2.39. The fraction of sp³-hybridized carbons (Fsp3) is 0.667. The summed E-state index contributed by atoms with van der Waals surface area (Å²) in [7, 11) is 2.02. The van der Waals surface area contributed by atoms with Crippen LogP contribution in [0.5, 0.6) is 0 Å². The lowest BCUT2D eigenvalue weighted by molar-refractivity contribution is -0.144. The highest BCUT2D eigenvalue weighted by Gasteiger charge is 2.37. The molecule has 1 saturated heterocycles. The van der Waals surface area contributed by atoms with Gasteiger partial charge in [0.25, 0.3) is 5.91 Å². The van der Waals surface area contributed by atoms with Gasteiger partial charge in [0.1, 0.15) is 5.69 Å². The van der Waals surface area contributed by atoms with Crippen molar-refractivity contribution in [1.29, 1.82) is 0 Å². The summed E-state index contributed by atoms with van der Waals surface area (Å²) in [6.07, 6.45) is 7.15. The van der Waals surface area contributed by atoms with Crippen LogP contribution in [0.4, 0.5) is 0 Å². The minimum absolute atomic E-state index is 0. The van der Waals surface area contributed by atoms with Crippen molar-refractivity contribution in [2.45, 2.75) is 131 Å². The third-order valence-electron chi connectivity index (χ3n) is 9.93. The van der Waals surface area contributed by atoms with E-state index in [1.165, 1.54) is 11.3 Å². The molecule has 1 aliphatic heterocycles. The van der Waals surface area contributed by atoms with E-state index in [0.717, 1.165) is 49.2 Å². The molecule has 0 saturated carbocycles. The molecule has 10 heteroatoms. The van der Waals surface area contributed by atoms with Crippen LogP contribution in [0.3, 0.4) is 0 Å². The van der Waals surface area contributed by atoms with Gasteiger partial charge < -0.3 is 15.3 Å². The third kappa shape index (κ3) is 12.9. The van der Waals surface area contributed by atoms with E-state index in [1.807, 2.05) is 42.3 Å². The van der Waals surface area contributed by atoms with Gasteiger partial charge in [-0.3, -0.25) is 24.1 Å². The molecule has 1 fully saturated rings. The van der Waals surface area contributed by atoms with Crippen molar-refractivity contribution in [3.05, 3.63) is 52.0 Å². The van der Waals surface area contributed by atoms with E-state index < -0.39 is 5.97 Å². The molecule has 0 bridgehead atoms. The number of piperidine rings is 1. The van der Waals surface area contributed by atoms with Crippen LogP contribution in [0.2, 0.25) is 0 Å². The minimum atomic E-state index is -0.896. The molecule has 0 radical (unpaired) electrons. The number of hydrogen-bond donors (Lipinski definition) is 2. The molecule has 3 rings (SSSR count). The fourth-order valence-corrected chi connectivity index (χ4v) is 7.67. The van der Waals surface area contributed by atoms with Crippen molar-refractivity contribution in [3.63, 3.8) is 0 Å². The van der Waals surface area contributed by atoms with Crippen LogP contribution in [0, 0.1) is 17.8 Å². The summed E-state index contributed by atoms with van der Waals surface area (Å²) < 4.78 is 0. The van der Waals surface area contributed by atoms with E-state index in [1.54, 1.807) is 5.38 Å². The summed E-state index contributed by atoms with van der Waals surface area (Å²) in [6, 6.07) is 9.27. The molecule has 2 N–H and O–H groups in total. The highest BCUT2D eigenvalue weighted by atomic mass is 32.1. The molecular formula is C39H62N4O5S. The largest absolute Gasteiger partial charge is 0.481 e. The predicted molar refractivity (Wildman–Crippen MR) is 199 cm³/mol. The standard InChI is InChI=1S/C38H58N4O5S.CH4/c1-7-21-42(38(47)30(27(5)8-2)24-34(43)33-16-12-13-22-41(33)6)32(26(3)4)18-19-35-40-31(25-48-35)37(46)39-29(17-20-36(44)45)23-28-14-10-9-11-15-28;/h9-11,14-15,25-27,29-30,32-33H,7-8,12-13,16-24H2,1-6H3,(H,39,46)(H,44,45);1H4/t27-,29+,30?,32+,33?;/m0./s1. The Morgan fingerprint density at radius 2 is 1.80 bits per heavy atom. The van der Waals surface area contributed by atoms with Gasteiger partial charge in [-0.15, -0.1) is 11.3 Å². The van der Waals surface area contributed by atoms with Gasteiger partial charge in [0, 0.05) is 49.2 Å². The number of aliphatic carboxylic acids is 1. The molecule has 2 unspecified atom stereocenters. The summed E-state index contributed by atoms with van der Waals surface area (Å²) in [4.78, 5) is 61.3. The number of nitrogens with one attached hydrogen (secondary N) is 1. The van der Waals surface area contributed by atoms with Crippen molar-refractivity contribution in [2.75, 3.05) is 20.1 Å². The van der Waals surface area contributed by atoms with Crippen LogP contribution in [-0.4, -0.2) is 81.7 Å². The Hall–Kier alpha value is -3.11. The number of Topliss-reactive ketones (excluding diaryl/α,β-unsaturated/α-hetero) is 1. The summed E-state index contributed by atoms with van der Waals surface area (Å²) in [5.74, 6) is -0.967. The van der Waals surface area contributed by atoms with Crippen molar-refractivity contribution in [3.8, 4) is 0 Å². The summed E-state index contributed by atoms with van der Waals surface area (Å²) in [5, 5.41) is 14.8. The van der Waals surface area contributed by atoms with Gasteiger partial charge in [0.15, 0.2) is 5.78 Å². The predicted octanol–water partition coefficient (Wildman–Crippen LogP) is 7.29. The Morgan fingerprint density at radius 1 is 1.08 bits per heavy atom. The zero-order chi connectivity index (χ0) is 35.2. The van der Waals surface area contributed by atoms with Crippen molar-refractivity contribution in [1.82, 2.24) is 20.1 Å². The second-order valence-corrected chi connectivity index (χ2v) is 14.9. The van der Waals surface area contributed by atoms with E-state index in [9.17, 15) is 24.3 Å². The second-order valence-electron chi connectivity index (χ2n) is 14.0. The number of benzene rings is 1. The highest BCUT2D eigenvalue weighted by Crippen LogP contribution is 2.29. The molecule has 2 heterocycles. The summed E-state index contributed by atoms with van der Waals surface area (Å²) in [6.45, 7) is 12.1. The molecule has 9 nitrogen and oxygen atoms in total. The number of ketones is 1. The molecule has 0 spiro atoms. The van der Waals surface area contributed by atoms with Gasteiger partial charge in [-0.2, -0.15) is 0 Å². The Morgan fingerprint density at radius 3 is 2.41 bits per heavy atom. The van der Waals surface area contributed by atoms with Crippen molar-refractivity contribution >= 4 is 34.9 Å². The second kappa shape index (κ2) is 21.2. The lowest BCUT2D eigenvalue weighted by Crippen LogP contribution is -2.49. The van der Waals surface area contributed by atoms with E-state index >= 15 is 0 Å². The molecule has 1 aromatic carbocycles. The number of carbonyl (C=O) groups is 4. The summed E-state index contributed by atoms with van der Waals surface area (Å²) >= 11 is 1.43.